The van der Waals surface area contributed by atoms with Gasteiger partial charge in [0.2, 0.25) is 5.75 Å². The minimum Gasteiger partial charge on any atom is -0.490 e. The van der Waals surface area contributed by atoms with Gasteiger partial charge in [-0.05, 0) is 36.8 Å². The van der Waals surface area contributed by atoms with Crippen LogP contribution in [0.3, 0.4) is 0 Å². The van der Waals surface area contributed by atoms with E-state index in [0.717, 1.165) is 11.1 Å². The third-order valence-corrected chi connectivity index (χ3v) is 5.01. The highest BCUT2D eigenvalue weighted by Gasteiger charge is 2.32. The third kappa shape index (κ3) is 3.01. The van der Waals surface area contributed by atoms with E-state index in [1.54, 1.807) is 35.9 Å². The Morgan fingerprint density at radius 3 is 2.66 bits per heavy atom. The number of nitrogens with zero attached hydrogens (tertiary/aromatic N) is 3. The Kier molecular flexibility index (Phi) is 4.67. The van der Waals surface area contributed by atoms with Crippen LogP contribution in [0.1, 0.15) is 12.5 Å². The van der Waals surface area contributed by atoms with E-state index in [2.05, 4.69) is 16.5 Å². The second-order valence-electron chi connectivity index (χ2n) is 6.86. The van der Waals surface area contributed by atoms with E-state index in [-0.39, 0.29) is 11.8 Å². The zero-order chi connectivity index (χ0) is 22.2. The van der Waals surface area contributed by atoms with E-state index in [4.69, 9.17) is 14.2 Å². The molecule has 1 aliphatic rings. The second-order valence-corrected chi connectivity index (χ2v) is 6.86. The number of para-hydroxylation sites is 1. The van der Waals surface area contributed by atoms with Crippen molar-refractivity contribution in [2.45, 2.75) is 6.92 Å². The van der Waals surface area contributed by atoms with E-state index in [1.807, 2.05) is 36.4 Å². The second kappa shape index (κ2) is 7.66. The molecule has 0 unspecified atom stereocenters. The van der Waals surface area contributed by atoms with Crippen LogP contribution in [0.25, 0.3) is 34.1 Å². The average Bonchev–Trinajstić information content (AvgIpc) is 3.18. The molecular formula is C24H17N3O5. The van der Waals surface area contributed by atoms with E-state index < -0.39 is 11.9 Å². The molecule has 0 fully saturated rings. The summed E-state index contributed by atoms with van der Waals surface area (Å²) >= 11 is 0. The van der Waals surface area contributed by atoms with Crippen LogP contribution in [-0.4, -0.2) is 33.1 Å². The van der Waals surface area contributed by atoms with E-state index >= 15 is 0 Å². The summed E-state index contributed by atoms with van der Waals surface area (Å²) in [6, 6.07) is 14.6. The number of imidazole rings is 1. The normalized spacial score (nSPS) is 12.8. The molecule has 2 aromatic heterocycles. The molecule has 0 amide bonds. The number of hydrogen-bond acceptors (Lipinski definition) is 7. The number of fused-ring (bicyclic) bond motifs is 1. The van der Waals surface area contributed by atoms with Crippen LogP contribution in [0, 0.1) is 0 Å². The van der Waals surface area contributed by atoms with Crippen LogP contribution in [0.4, 0.5) is 0 Å². The van der Waals surface area contributed by atoms with Gasteiger partial charge in [0.1, 0.15) is 5.52 Å². The van der Waals surface area contributed by atoms with Gasteiger partial charge in [0.05, 0.1) is 23.5 Å². The molecule has 0 atom stereocenters. The lowest BCUT2D eigenvalue weighted by Gasteiger charge is -2.16. The average molecular weight is 427 g/mol. The van der Waals surface area contributed by atoms with Gasteiger partial charge in [0.25, 0.3) is 0 Å². The Bertz CT molecular complexity index is 1390. The van der Waals surface area contributed by atoms with Gasteiger partial charge in [-0.1, -0.05) is 36.9 Å². The highest BCUT2D eigenvalue weighted by Crippen LogP contribution is 2.42. The fourth-order valence-corrected chi connectivity index (χ4v) is 3.70. The topological polar surface area (TPSA) is 92.5 Å². The maximum Gasteiger partial charge on any atom is 0.425 e. The molecule has 3 heterocycles. The first-order valence-electron chi connectivity index (χ1n) is 9.91. The molecule has 0 spiro atoms. The van der Waals surface area contributed by atoms with Gasteiger partial charge in [-0.2, -0.15) is 4.98 Å². The number of pyridine rings is 1. The standard InChI is InChI=1S/C24H17N3O5/c1-3-14-8-7-9-15(16-10-5-6-13-25-16)20(14)27-17-11-12-18(30-4-2)21-19(17)26-24(27)32-23(29)22(28)31-21/h3,5-13H,1,4H2,2H3. The SMILES string of the molecule is C=Cc1cccc(-c2ccccn2)c1-n1c2nc3c(c(OCC)ccc31)OC(=O)C(=O)O2. The Labute approximate surface area is 182 Å². The Balaban J connectivity index is 1.88. The number of carbonyl (C=O) groups is 2. The quantitative estimate of drug-likeness (QED) is 0.270. The molecule has 32 heavy (non-hydrogen) atoms. The van der Waals surface area contributed by atoms with Crippen molar-refractivity contribution in [3.8, 4) is 34.5 Å². The smallest absolute Gasteiger partial charge is 0.425 e. The molecule has 0 radical (unpaired) electrons. The van der Waals surface area contributed by atoms with Gasteiger partial charge < -0.3 is 14.2 Å². The summed E-state index contributed by atoms with van der Waals surface area (Å²) in [5, 5.41) is 0. The Hall–Kier alpha value is -4.46. The zero-order valence-corrected chi connectivity index (χ0v) is 17.1. The summed E-state index contributed by atoms with van der Waals surface area (Å²) in [5.74, 6) is -1.96. The van der Waals surface area contributed by atoms with Crippen molar-refractivity contribution < 1.29 is 23.8 Å². The van der Waals surface area contributed by atoms with Gasteiger partial charge in [-0.3, -0.25) is 9.55 Å². The predicted molar refractivity (Wildman–Crippen MR) is 117 cm³/mol. The van der Waals surface area contributed by atoms with E-state index in [1.165, 1.54) is 0 Å². The van der Waals surface area contributed by atoms with Gasteiger partial charge in [-0.15, -0.1) is 0 Å². The molecule has 1 aliphatic heterocycles. The minimum atomic E-state index is -1.18. The van der Waals surface area contributed by atoms with Crippen molar-refractivity contribution in [1.29, 1.82) is 0 Å². The molecule has 0 N–H and O–H groups in total. The molecule has 0 saturated heterocycles. The molecule has 8 nitrogen and oxygen atoms in total. The lowest BCUT2D eigenvalue weighted by Crippen LogP contribution is -2.27. The predicted octanol–water partition coefficient (Wildman–Crippen LogP) is 3.95. The van der Waals surface area contributed by atoms with Crippen LogP contribution in [0.5, 0.6) is 17.5 Å². The van der Waals surface area contributed by atoms with E-state index in [9.17, 15) is 9.59 Å². The molecule has 158 valence electrons. The van der Waals surface area contributed by atoms with Crippen molar-refractivity contribution in [2.75, 3.05) is 6.61 Å². The summed E-state index contributed by atoms with van der Waals surface area (Å²) in [6.45, 7) is 6.08. The highest BCUT2D eigenvalue weighted by molar-refractivity contribution is 6.31. The van der Waals surface area contributed by atoms with E-state index in [0.29, 0.717) is 34.8 Å². The van der Waals surface area contributed by atoms with Gasteiger partial charge in [-0.25, -0.2) is 9.59 Å². The molecule has 2 bridgehead atoms. The maximum absolute atomic E-state index is 12.4. The number of ether oxygens (including phenoxy) is 3. The summed E-state index contributed by atoms with van der Waals surface area (Å²) in [6.07, 6.45) is 3.38. The van der Waals surface area contributed by atoms with Crippen LogP contribution in [-0.2, 0) is 9.59 Å². The van der Waals surface area contributed by atoms with Crippen molar-refractivity contribution in [1.82, 2.24) is 14.5 Å². The molecule has 8 heteroatoms. The number of rotatable bonds is 5. The van der Waals surface area contributed by atoms with Crippen molar-refractivity contribution in [3.05, 3.63) is 66.9 Å². The van der Waals surface area contributed by atoms with Crippen molar-refractivity contribution in [3.63, 3.8) is 0 Å². The number of aromatic nitrogens is 3. The fourth-order valence-electron chi connectivity index (χ4n) is 3.70. The summed E-state index contributed by atoms with van der Waals surface area (Å²) in [7, 11) is 0. The Morgan fingerprint density at radius 2 is 1.91 bits per heavy atom. The lowest BCUT2D eigenvalue weighted by atomic mass is 10.0. The number of benzene rings is 2. The summed E-state index contributed by atoms with van der Waals surface area (Å²) in [5.41, 5.74) is 3.77. The lowest BCUT2D eigenvalue weighted by molar-refractivity contribution is -0.156. The maximum atomic E-state index is 12.4. The molecule has 0 saturated carbocycles. The number of carbonyl (C=O) groups excluding carboxylic acids is 2. The van der Waals surface area contributed by atoms with Gasteiger partial charge in [0.15, 0.2) is 5.75 Å². The van der Waals surface area contributed by atoms with Crippen LogP contribution < -0.4 is 14.2 Å². The number of hydrogen-bond donors (Lipinski definition) is 0. The largest absolute Gasteiger partial charge is 0.490 e. The molecule has 4 aromatic rings. The first-order valence-corrected chi connectivity index (χ1v) is 9.91. The number of esters is 2. The van der Waals surface area contributed by atoms with Gasteiger partial charge in [0, 0.05) is 11.8 Å². The molecular weight excluding hydrogens is 410 g/mol. The minimum absolute atomic E-state index is 0.0666. The first-order chi connectivity index (χ1) is 15.6. The van der Waals surface area contributed by atoms with Crippen molar-refractivity contribution in [2.24, 2.45) is 0 Å². The van der Waals surface area contributed by atoms with Crippen LogP contribution in [0.15, 0.2) is 61.3 Å². The van der Waals surface area contributed by atoms with Gasteiger partial charge >= 0.3 is 17.9 Å². The van der Waals surface area contributed by atoms with Crippen molar-refractivity contribution >= 4 is 29.0 Å². The van der Waals surface area contributed by atoms with Crippen LogP contribution in [0.2, 0.25) is 0 Å². The monoisotopic (exact) mass is 427 g/mol. The molecule has 2 aromatic carbocycles. The van der Waals surface area contributed by atoms with Crippen LogP contribution >= 0.6 is 0 Å². The highest BCUT2D eigenvalue weighted by atomic mass is 16.6. The fraction of sp³-hybridized carbons (Fsp3) is 0.0833. The molecule has 5 rings (SSSR count). The third-order valence-electron chi connectivity index (χ3n) is 5.01. The first kappa shape index (κ1) is 19.5. The Morgan fingerprint density at radius 1 is 1.06 bits per heavy atom. The summed E-state index contributed by atoms with van der Waals surface area (Å²) in [4.78, 5) is 33.6. The molecule has 0 aliphatic carbocycles. The zero-order valence-electron chi connectivity index (χ0n) is 17.1. The summed E-state index contributed by atoms with van der Waals surface area (Å²) < 4.78 is 17.9.